The van der Waals surface area contributed by atoms with E-state index in [1.54, 1.807) is 11.8 Å². The van der Waals surface area contributed by atoms with Crippen LogP contribution in [0, 0.1) is 0 Å². The van der Waals surface area contributed by atoms with Crippen molar-refractivity contribution in [2.24, 2.45) is 0 Å². The molecule has 0 aliphatic carbocycles. The lowest BCUT2D eigenvalue weighted by Gasteiger charge is -2.11. The number of allylic oxidation sites excluding steroid dienone is 2. The average molecular weight is 315 g/mol. The van der Waals surface area contributed by atoms with Crippen molar-refractivity contribution in [2.45, 2.75) is 4.90 Å². The van der Waals surface area contributed by atoms with E-state index in [9.17, 15) is 0 Å². The van der Waals surface area contributed by atoms with Gasteiger partial charge < -0.3 is 0 Å². The molecular weight excluding hydrogens is 304 g/mol. The molecule has 0 N–H and O–H groups in total. The number of hydrogen-bond donors (Lipinski definition) is 0. The normalized spacial score (nSPS) is 14.3. The Balaban J connectivity index is 2.26. The lowest BCUT2D eigenvalue weighted by molar-refractivity contribution is 1.39. The molecule has 1 heterocycles. The Hall–Kier alpha value is -1.25. The molecule has 0 unspecified atom stereocenters. The van der Waals surface area contributed by atoms with Crippen molar-refractivity contribution >= 4 is 33.3 Å². The van der Waals surface area contributed by atoms with Crippen LogP contribution in [0.25, 0.3) is 5.57 Å². The third kappa shape index (κ3) is 2.18. The van der Waals surface area contributed by atoms with Crippen molar-refractivity contribution in [3.63, 3.8) is 0 Å². The van der Waals surface area contributed by atoms with Crippen molar-refractivity contribution < 1.29 is 0 Å². The fraction of sp³-hybridized carbons (Fsp3) is 0. The van der Waals surface area contributed by atoms with E-state index in [-0.39, 0.29) is 0 Å². The predicted octanol–water partition coefficient (Wildman–Crippen LogP) is 5.46. The highest BCUT2D eigenvalue weighted by atomic mass is 79.9. The van der Waals surface area contributed by atoms with Gasteiger partial charge in [-0.05, 0) is 28.7 Å². The number of halogens is 1. The molecule has 0 aromatic heterocycles. The summed E-state index contributed by atoms with van der Waals surface area (Å²) < 4.78 is 1.13. The van der Waals surface area contributed by atoms with Gasteiger partial charge in [-0.3, -0.25) is 0 Å². The molecule has 0 saturated carbocycles. The molecular formula is C16H11BrS. The van der Waals surface area contributed by atoms with Crippen molar-refractivity contribution in [3.05, 3.63) is 81.7 Å². The Morgan fingerprint density at radius 2 is 1.56 bits per heavy atom. The molecule has 0 spiro atoms. The SMILES string of the molecule is BrC1=C(c2ccccc2)c2ccccc2SC=C1. The van der Waals surface area contributed by atoms with Crippen LogP contribution in [0.1, 0.15) is 11.1 Å². The maximum Gasteiger partial charge on any atom is 0.0265 e. The van der Waals surface area contributed by atoms with Gasteiger partial charge in [0, 0.05) is 15.0 Å². The topological polar surface area (TPSA) is 0 Å². The monoisotopic (exact) mass is 314 g/mol. The second kappa shape index (κ2) is 5.17. The minimum atomic E-state index is 1.13. The van der Waals surface area contributed by atoms with Gasteiger partial charge in [0.05, 0.1) is 0 Å². The summed E-state index contributed by atoms with van der Waals surface area (Å²) in [5, 5.41) is 2.12. The Kier molecular flexibility index (Phi) is 3.39. The lowest BCUT2D eigenvalue weighted by atomic mass is 9.97. The van der Waals surface area contributed by atoms with Crippen LogP contribution in [0.4, 0.5) is 0 Å². The number of rotatable bonds is 1. The highest BCUT2D eigenvalue weighted by molar-refractivity contribution is 9.12. The smallest absolute Gasteiger partial charge is 0.0265 e. The molecule has 0 bridgehead atoms. The van der Waals surface area contributed by atoms with Crippen LogP contribution in [0.3, 0.4) is 0 Å². The van der Waals surface area contributed by atoms with E-state index < -0.39 is 0 Å². The van der Waals surface area contributed by atoms with E-state index in [4.69, 9.17) is 0 Å². The largest absolute Gasteiger partial charge is 0.0974 e. The molecule has 0 saturated heterocycles. The van der Waals surface area contributed by atoms with Gasteiger partial charge in [0.15, 0.2) is 0 Å². The Morgan fingerprint density at radius 1 is 0.833 bits per heavy atom. The molecule has 1 aliphatic rings. The predicted molar refractivity (Wildman–Crippen MR) is 82.8 cm³/mol. The van der Waals surface area contributed by atoms with Crippen molar-refractivity contribution in [1.82, 2.24) is 0 Å². The third-order valence-electron chi connectivity index (χ3n) is 2.87. The third-order valence-corrected chi connectivity index (χ3v) is 4.41. The fourth-order valence-electron chi connectivity index (χ4n) is 2.05. The second-order valence-electron chi connectivity index (χ2n) is 4.01. The summed E-state index contributed by atoms with van der Waals surface area (Å²) in [5.41, 5.74) is 3.78. The quantitative estimate of drug-likeness (QED) is 0.673. The van der Waals surface area contributed by atoms with Crippen LogP contribution in [0.15, 0.2) is 75.5 Å². The van der Waals surface area contributed by atoms with E-state index in [0.717, 1.165) is 4.48 Å². The van der Waals surface area contributed by atoms with E-state index in [2.05, 4.69) is 75.9 Å². The maximum absolute atomic E-state index is 3.69. The van der Waals surface area contributed by atoms with Gasteiger partial charge in [-0.2, -0.15) is 0 Å². The minimum absolute atomic E-state index is 1.13. The number of fused-ring (bicyclic) bond motifs is 1. The Morgan fingerprint density at radius 3 is 2.39 bits per heavy atom. The first-order valence-electron chi connectivity index (χ1n) is 5.74. The molecule has 2 aromatic rings. The summed E-state index contributed by atoms with van der Waals surface area (Å²) in [4.78, 5) is 1.29. The van der Waals surface area contributed by atoms with Crippen molar-refractivity contribution in [1.29, 1.82) is 0 Å². The highest BCUT2D eigenvalue weighted by Gasteiger charge is 2.14. The molecule has 0 radical (unpaired) electrons. The van der Waals surface area contributed by atoms with Gasteiger partial charge in [0.2, 0.25) is 0 Å². The molecule has 3 rings (SSSR count). The van der Waals surface area contributed by atoms with Crippen molar-refractivity contribution in [2.75, 3.05) is 0 Å². The number of benzene rings is 2. The maximum atomic E-state index is 3.69. The zero-order valence-corrected chi connectivity index (χ0v) is 12.0. The summed E-state index contributed by atoms with van der Waals surface area (Å²) >= 11 is 5.45. The van der Waals surface area contributed by atoms with Crippen LogP contribution < -0.4 is 0 Å². The molecule has 0 nitrogen and oxygen atoms in total. The first-order chi connectivity index (χ1) is 8.86. The summed E-state index contributed by atoms with van der Waals surface area (Å²) in [6.45, 7) is 0. The van der Waals surface area contributed by atoms with Crippen LogP contribution in [-0.2, 0) is 0 Å². The Labute approximate surface area is 120 Å². The summed E-state index contributed by atoms with van der Waals surface area (Å²) in [5.74, 6) is 0. The van der Waals surface area contributed by atoms with Gasteiger partial charge in [-0.1, -0.05) is 76.2 Å². The molecule has 18 heavy (non-hydrogen) atoms. The van der Waals surface area contributed by atoms with Crippen LogP contribution >= 0.6 is 27.7 Å². The number of hydrogen-bond acceptors (Lipinski definition) is 1. The van der Waals surface area contributed by atoms with Gasteiger partial charge in [-0.25, -0.2) is 0 Å². The van der Waals surface area contributed by atoms with E-state index in [0.29, 0.717) is 0 Å². The highest BCUT2D eigenvalue weighted by Crippen LogP contribution is 2.39. The molecule has 2 heteroatoms. The average Bonchev–Trinajstić information content (AvgIpc) is 2.58. The summed E-state index contributed by atoms with van der Waals surface area (Å²) in [6.07, 6.45) is 2.12. The first-order valence-corrected chi connectivity index (χ1v) is 7.41. The van der Waals surface area contributed by atoms with Crippen LogP contribution in [0.2, 0.25) is 0 Å². The van der Waals surface area contributed by atoms with Crippen LogP contribution in [0.5, 0.6) is 0 Å². The molecule has 0 fully saturated rings. The van der Waals surface area contributed by atoms with Gasteiger partial charge in [0.1, 0.15) is 0 Å². The van der Waals surface area contributed by atoms with Gasteiger partial charge >= 0.3 is 0 Å². The lowest BCUT2D eigenvalue weighted by Crippen LogP contribution is -1.90. The van der Waals surface area contributed by atoms with Gasteiger partial charge in [0.25, 0.3) is 0 Å². The van der Waals surface area contributed by atoms with E-state index in [1.807, 2.05) is 6.07 Å². The molecule has 2 aromatic carbocycles. The fourth-order valence-corrected chi connectivity index (χ4v) is 3.61. The molecule has 88 valence electrons. The first kappa shape index (κ1) is 11.8. The van der Waals surface area contributed by atoms with Gasteiger partial charge in [-0.15, -0.1) is 0 Å². The van der Waals surface area contributed by atoms with Crippen molar-refractivity contribution in [3.8, 4) is 0 Å². The second-order valence-corrected chi connectivity index (χ2v) is 5.81. The standard InChI is InChI=1S/C16H11BrS/c17-14-10-11-18-15-9-5-4-8-13(15)16(14)12-6-2-1-3-7-12/h1-11H. The Bertz CT molecular complexity index is 627. The van der Waals surface area contributed by atoms with E-state index >= 15 is 0 Å². The molecule has 0 atom stereocenters. The van der Waals surface area contributed by atoms with E-state index in [1.165, 1.54) is 21.6 Å². The minimum Gasteiger partial charge on any atom is -0.0974 e. The summed E-state index contributed by atoms with van der Waals surface area (Å²) in [7, 11) is 0. The zero-order chi connectivity index (χ0) is 12.4. The summed E-state index contributed by atoms with van der Waals surface area (Å²) in [6, 6.07) is 19.0. The van der Waals surface area contributed by atoms with Crippen LogP contribution in [-0.4, -0.2) is 0 Å². The molecule has 0 amide bonds. The number of thioether (sulfide) groups is 1. The zero-order valence-electron chi connectivity index (χ0n) is 9.64. The molecule has 1 aliphatic heterocycles.